The summed E-state index contributed by atoms with van der Waals surface area (Å²) in [4.78, 5) is 53.4. The molecule has 3 N–H and O–H groups in total. The van der Waals surface area contributed by atoms with Crippen molar-refractivity contribution < 1.29 is 19.2 Å². The molecule has 9 heteroatoms. The molecular formula is C33H65N5O4. The Morgan fingerprint density at radius 2 is 0.929 bits per heavy atom. The maximum atomic E-state index is 12.4. The van der Waals surface area contributed by atoms with Gasteiger partial charge in [0.15, 0.2) is 0 Å². The van der Waals surface area contributed by atoms with Crippen LogP contribution in [0.4, 0.5) is 0 Å². The minimum absolute atomic E-state index is 0.0916. The van der Waals surface area contributed by atoms with Gasteiger partial charge in [-0.05, 0) is 51.6 Å². The van der Waals surface area contributed by atoms with Gasteiger partial charge in [0.05, 0.1) is 0 Å². The lowest BCUT2D eigenvalue weighted by Gasteiger charge is -2.27. The van der Waals surface area contributed by atoms with E-state index in [1.807, 2.05) is 6.92 Å². The molecule has 0 fully saturated rings. The molecular weight excluding hydrogens is 530 g/mol. The summed E-state index contributed by atoms with van der Waals surface area (Å²) >= 11 is 0. The molecule has 0 aliphatic heterocycles. The van der Waals surface area contributed by atoms with Crippen LogP contribution in [0.15, 0.2) is 0 Å². The highest BCUT2D eigenvalue weighted by atomic mass is 16.2. The molecule has 0 atom stereocenters. The number of nitrogens with one attached hydrogen (secondary N) is 3. The van der Waals surface area contributed by atoms with Crippen molar-refractivity contribution >= 4 is 23.4 Å². The third-order valence-corrected chi connectivity index (χ3v) is 7.42. The molecule has 0 aliphatic carbocycles. The Labute approximate surface area is 257 Å². The Balaban J connectivity index is 4.80. The average Bonchev–Trinajstić information content (AvgIpc) is 2.99. The molecule has 2 amide bonds. The van der Waals surface area contributed by atoms with Gasteiger partial charge in [-0.2, -0.15) is 0 Å². The molecule has 0 aromatic carbocycles. The lowest BCUT2D eigenvalue weighted by atomic mass is 10.1. The summed E-state index contributed by atoms with van der Waals surface area (Å²) in [5.74, 6) is 0.805. The van der Waals surface area contributed by atoms with Gasteiger partial charge < -0.3 is 25.8 Å². The second-order valence-electron chi connectivity index (χ2n) is 11.5. The molecule has 0 aromatic heterocycles. The minimum atomic E-state index is 0.0916. The second-order valence-corrected chi connectivity index (χ2v) is 11.5. The van der Waals surface area contributed by atoms with Gasteiger partial charge in [0, 0.05) is 90.9 Å². The van der Waals surface area contributed by atoms with Gasteiger partial charge in [-0.15, -0.1) is 0 Å². The summed E-state index contributed by atoms with van der Waals surface area (Å²) < 4.78 is 0. The van der Waals surface area contributed by atoms with Crippen molar-refractivity contribution in [3.8, 4) is 0 Å². The van der Waals surface area contributed by atoms with Crippen LogP contribution in [0.3, 0.4) is 0 Å². The molecule has 246 valence electrons. The van der Waals surface area contributed by atoms with Crippen LogP contribution in [0.1, 0.15) is 124 Å². The van der Waals surface area contributed by atoms with E-state index in [1.165, 1.54) is 0 Å². The number of amides is 2. The third kappa shape index (κ3) is 25.8. The van der Waals surface area contributed by atoms with Crippen LogP contribution in [-0.2, 0) is 19.2 Å². The Morgan fingerprint density at radius 1 is 0.429 bits per heavy atom. The number of Topliss-reactive ketones (excluding diaryl/α,β-unsaturated/α-hetero) is 2. The lowest BCUT2D eigenvalue weighted by molar-refractivity contribution is -0.122. The van der Waals surface area contributed by atoms with Gasteiger partial charge in [0.1, 0.15) is 11.6 Å². The molecule has 0 heterocycles. The molecule has 42 heavy (non-hydrogen) atoms. The fourth-order valence-corrected chi connectivity index (χ4v) is 4.57. The number of hydrogen-bond acceptors (Lipinski definition) is 7. The average molecular weight is 596 g/mol. The summed E-state index contributed by atoms with van der Waals surface area (Å²) in [7, 11) is 0. The smallest absolute Gasteiger partial charge is 0.221 e. The second kappa shape index (κ2) is 29.2. The quantitative estimate of drug-likeness (QED) is 0.101. The fourth-order valence-electron chi connectivity index (χ4n) is 4.57. The highest BCUT2D eigenvalue weighted by molar-refractivity contribution is 5.79. The van der Waals surface area contributed by atoms with E-state index < -0.39 is 0 Å². The summed E-state index contributed by atoms with van der Waals surface area (Å²) in [5.41, 5.74) is 0. The van der Waals surface area contributed by atoms with Crippen LogP contribution in [0.5, 0.6) is 0 Å². The summed E-state index contributed by atoms with van der Waals surface area (Å²) in [6.07, 6.45) is 12.3. The SMILES string of the molecule is CCCCC(=O)CCN(CCC(=O)CCCC)CCN(CCCCCNCCC(=O)NCCC)CCC(=O)NCCC. The highest BCUT2D eigenvalue weighted by Crippen LogP contribution is 2.06. The van der Waals surface area contributed by atoms with Crippen LogP contribution in [0.25, 0.3) is 0 Å². The minimum Gasteiger partial charge on any atom is -0.356 e. The third-order valence-electron chi connectivity index (χ3n) is 7.42. The number of hydrogen-bond donors (Lipinski definition) is 3. The highest BCUT2D eigenvalue weighted by Gasteiger charge is 2.14. The van der Waals surface area contributed by atoms with Gasteiger partial charge in [-0.1, -0.05) is 47.0 Å². The van der Waals surface area contributed by atoms with Gasteiger partial charge >= 0.3 is 0 Å². The predicted molar refractivity (Wildman–Crippen MR) is 174 cm³/mol. The molecule has 0 bridgehead atoms. The Kier molecular flexibility index (Phi) is 28.0. The Bertz CT molecular complexity index is 680. The predicted octanol–water partition coefficient (Wildman–Crippen LogP) is 4.48. The monoisotopic (exact) mass is 596 g/mol. The van der Waals surface area contributed by atoms with E-state index in [9.17, 15) is 19.2 Å². The lowest BCUT2D eigenvalue weighted by Crippen LogP contribution is -2.39. The molecule has 0 saturated carbocycles. The molecule has 9 nitrogen and oxygen atoms in total. The zero-order valence-electron chi connectivity index (χ0n) is 27.7. The summed E-state index contributed by atoms with van der Waals surface area (Å²) in [6, 6.07) is 0. The summed E-state index contributed by atoms with van der Waals surface area (Å²) in [5, 5.41) is 9.24. The number of unbranched alkanes of at least 4 members (excludes halogenated alkanes) is 4. The number of rotatable bonds is 31. The number of nitrogens with zero attached hydrogens (tertiary/aromatic N) is 2. The first-order valence-corrected chi connectivity index (χ1v) is 17.1. The molecule has 0 saturated heterocycles. The van der Waals surface area contributed by atoms with Crippen molar-refractivity contribution in [2.45, 2.75) is 124 Å². The van der Waals surface area contributed by atoms with E-state index in [2.05, 4.69) is 46.5 Å². The van der Waals surface area contributed by atoms with E-state index in [4.69, 9.17) is 0 Å². The van der Waals surface area contributed by atoms with Gasteiger partial charge in [-0.25, -0.2) is 0 Å². The Hall–Kier alpha value is -1.84. The van der Waals surface area contributed by atoms with Crippen LogP contribution in [-0.4, -0.2) is 98.6 Å². The summed E-state index contributed by atoms with van der Waals surface area (Å²) in [6.45, 7) is 16.0. The van der Waals surface area contributed by atoms with Crippen LogP contribution >= 0.6 is 0 Å². The van der Waals surface area contributed by atoms with Crippen LogP contribution < -0.4 is 16.0 Å². The molecule has 0 aliphatic rings. The number of ketones is 2. The molecule has 0 radical (unpaired) electrons. The van der Waals surface area contributed by atoms with Crippen molar-refractivity contribution in [3.63, 3.8) is 0 Å². The zero-order chi connectivity index (χ0) is 31.3. The molecule has 0 aromatic rings. The maximum absolute atomic E-state index is 12.4. The van der Waals surface area contributed by atoms with Gasteiger partial charge in [0.25, 0.3) is 0 Å². The van der Waals surface area contributed by atoms with E-state index >= 15 is 0 Å². The van der Waals surface area contributed by atoms with Crippen molar-refractivity contribution in [2.24, 2.45) is 0 Å². The van der Waals surface area contributed by atoms with Crippen molar-refractivity contribution in [2.75, 3.05) is 65.4 Å². The molecule has 0 unspecified atom stereocenters. The normalized spacial score (nSPS) is 11.3. The molecule has 0 rings (SSSR count). The van der Waals surface area contributed by atoms with Crippen LogP contribution in [0.2, 0.25) is 0 Å². The largest absolute Gasteiger partial charge is 0.356 e. The molecule has 0 spiro atoms. The zero-order valence-corrected chi connectivity index (χ0v) is 27.7. The van der Waals surface area contributed by atoms with E-state index in [0.29, 0.717) is 82.8 Å². The number of carbonyl (C=O) groups is 4. The van der Waals surface area contributed by atoms with Crippen molar-refractivity contribution in [3.05, 3.63) is 0 Å². The van der Waals surface area contributed by atoms with Crippen molar-refractivity contribution in [1.82, 2.24) is 25.8 Å². The maximum Gasteiger partial charge on any atom is 0.221 e. The fraction of sp³-hybridized carbons (Fsp3) is 0.879. The standard InChI is InChI=1S/C33H65N5O4/c1-5-9-14-30(39)17-25-38(26-18-31(40)15-10-6-2)29-28-37(27-19-33(42)36-21-8-4)24-13-11-12-22-34-23-16-32(41)35-20-7-3/h34H,5-29H2,1-4H3,(H,35,41)(H,36,42). The van der Waals surface area contributed by atoms with E-state index in [-0.39, 0.29) is 11.8 Å². The van der Waals surface area contributed by atoms with Gasteiger partial charge in [0.2, 0.25) is 11.8 Å². The van der Waals surface area contributed by atoms with Gasteiger partial charge in [-0.3, -0.25) is 19.2 Å². The topological polar surface area (TPSA) is 111 Å². The van der Waals surface area contributed by atoms with Crippen LogP contribution in [0, 0.1) is 0 Å². The first-order chi connectivity index (χ1) is 20.4. The Morgan fingerprint density at radius 3 is 1.45 bits per heavy atom. The first-order valence-electron chi connectivity index (χ1n) is 17.1. The number of carbonyl (C=O) groups excluding carboxylic acids is 4. The van der Waals surface area contributed by atoms with E-state index in [1.54, 1.807) is 0 Å². The van der Waals surface area contributed by atoms with Crippen molar-refractivity contribution in [1.29, 1.82) is 0 Å². The first kappa shape index (κ1) is 40.2. The van der Waals surface area contributed by atoms with E-state index in [0.717, 1.165) is 90.5 Å².